The van der Waals surface area contributed by atoms with Crippen LogP contribution in [0.1, 0.15) is 32.6 Å². The van der Waals surface area contributed by atoms with E-state index in [0.29, 0.717) is 11.1 Å². The average molecular weight is 272 g/mol. The number of hydrogen-bond acceptors (Lipinski definition) is 3. The fourth-order valence-corrected chi connectivity index (χ4v) is 2.49. The van der Waals surface area contributed by atoms with E-state index < -0.39 is 5.82 Å². The van der Waals surface area contributed by atoms with E-state index in [9.17, 15) is 4.39 Å². The van der Waals surface area contributed by atoms with Gasteiger partial charge in [0.15, 0.2) is 5.82 Å². The van der Waals surface area contributed by atoms with E-state index in [1.165, 1.54) is 18.9 Å². The fourth-order valence-electron chi connectivity index (χ4n) is 2.34. The minimum atomic E-state index is -0.554. The molecule has 1 fully saturated rings. The zero-order valence-corrected chi connectivity index (χ0v) is 11.3. The first-order valence-corrected chi connectivity index (χ1v) is 6.64. The Hall–Kier alpha value is -1.16. The van der Waals surface area contributed by atoms with Gasteiger partial charge in [0.05, 0.1) is 17.1 Å². The van der Waals surface area contributed by atoms with Crippen molar-refractivity contribution >= 4 is 28.7 Å². The monoisotopic (exact) mass is 271 g/mol. The number of nitrogens with one attached hydrogen (secondary N) is 1. The van der Waals surface area contributed by atoms with Crippen LogP contribution in [-0.4, -0.2) is 6.54 Å². The van der Waals surface area contributed by atoms with Crippen molar-refractivity contribution in [3.8, 4) is 0 Å². The van der Waals surface area contributed by atoms with E-state index in [4.69, 9.17) is 23.1 Å². The summed E-state index contributed by atoms with van der Waals surface area (Å²) in [4.78, 5) is 0. The van der Waals surface area contributed by atoms with Crippen LogP contribution in [0, 0.1) is 11.2 Å². The molecular formula is C13H19ClFN3. The summed E-state index contributed by atoms with van der Waals surface area (Å²) in [7, 11) is 0. The second-order valence-electron chi connectivity index (χ2n) is 5.16. The predicted molar refractivity (Wildman–Crippen MR) is 75.3 cm³/mol. The first kappa shape index (κ1) is 13.3. The summed E-state index contributed by atoms with van der Waals surface area (Å²) in [6.07, 6.45) is 4.68. The normalized spacial score (nSPS) is 16.6. The van der Waals surface area contributed by atoms with Crippen LogP contribution >= 0.6 is 11.6 Å². The van der Waals surface area contributed by atoms with Crippen LogP contribution in [0.15, 0.2) is 6.07 Å². The van der Waals surface area contributed by atoms with Gasteiger partial charge < -0.3 is 16.8 Å². The van der Waals surface area contributed by atoms with Crippen LogP contribution in [-0.2, 0) is 0 Å². The second kappa shape index (κ2) is 4.84. The summed E-state index contributed by atoms with van der Waals surface area (Å²) in [5.41, 5.74) is 12.4. The number of nitrogen functional groups attached to an aromatic ring is 2. The van der Waals surface area contributed by atoms with E-state index >= 15 is 0 Å². The molecule has 5 heteroatoms. The molecule has 1 aliphatic rings. The molecule has 2 rings (SSSR count). The van der Waals surface area contributed by atoms with E-state index in [1.807, 2.05) is 0 Å². The second-order valence-corrected chi connectivity index (χ2v) is 5.54. The fraction of sp³-hybridized carbons (Fsp3) is 0.538. The third-order valence-corrected chi connectivity index (χ3v) is 4.03. The molecule has 0 unspecified atom stereocenters. The summed E-state index contributed by atoms with van der Waals surface area (Å²) in [5, 5.41) is 3.03. The van der Waals surface area contributed by atoms with Gasteiger partial charge >= 0.3 is 0 Å². The predicted octanol–water partition coefficient (Wildman–Crippen LogP) is 3.64. The molecular weight excluding hydrogens is 253 g/mol. The van der Waals surface area contributed by atoms with Crippen LogP contribution in [0.3, 0.4) is 0 Å². The molecule has 0 amide bonds. The third kappa shape index (κ3) is 2.48. The van der Waals surface area contributed by atoms with Crippen molar-refractivity contribution in [3.63, 3.8) is 0 Å². The standard InChI is InChI=1S/C13H19ClFN3/c1-2-3-13(4-5-13)7-18-12-9(17)6-8(16)10(14)11(12)15/h6,18H,2-5,7,16-17H2,1H3. The Morgan fingerprint density at radius 2 is 2.06 bits per heavy atom. The molecule has 100 valence electrons. The van der Waals surface area contributed by atoms with Crippen LogP contribution in [0.25, 0.3) is 0 Å². The third-order valence-electron chi connectivity index (χ3n) is 3.64. The van der Waals surface area contributed by atoms with E-state index in [1.54, 1.807) is 0 Å². The maximum absolute atomic E-state index is 14.0. The first-order valence-electron chi connectivity index (χ1n) is 6.26. The minimum Gasteiger partial charge on any atom is -0.397 e. The average Bonchev–Trinajstić information content (AvgIpc) is 3.07. The van der Waals surface area contributed by atoms with Crippen molar-refractivity contribution in [1.82, 2.24) is 0 Å². The quantitative estimate of drug-likeness (QED) is 0.717. The number of rotatable bonds is 5. The molecule has 0 heterocycles. The number of nitrogens with two attached hydrogens (primary N) is 2. The molecule has 1 aromatic rings. The zero-order chi connectivity index (χ0) is 13.3. The van der Waals surface area contributed by atoms with E-state index in [0.717, 1.165) is 19.4 Å². The molecule has 0 aromatic heterocycles. The van der Waals surface area contributed by atoms with Crippen molar-refractivity contribution in [3.05, 3.63) is 16.9 Å². The summed E-state index contributed by atoms with van der Waals surface area (Å²) >= 11 is 5.79. The highest BCUT2D eigenvalue weighted by molar-refractivity contribution is 6.33. The van der Waals surface area contributed by atoms with Gasteiger partial charge in [-0.2, -0.15) is 0 Å². The van der Waals surface area contributed by atoms with Gasteiger partial charge in [0.2, 0.25) is 0 Å². The van der Waals surface area contributed by atoms with Gasteiger partial charge in [-0.15, -0.1) is 0 Å². The van der Waals surface area contributed by atoms with E-state index in [-0.39, 0.29) is 16.4 Å². The lowest BCUT2D eigenvalue weighted by atomic mass is 10.0. The van der Waals surface area contributed by atoms with Crippen molar-refractivity contribution in [1.29, 1.82) is 0 Å². The van der Waals surface area contributed by atoms with Gasteiger partial charge in [0.25, 0.3) is 0 Å². The topological polar surface area (TPSA) is 64.1 Å². The van der Waals surface area contributed by atoms with E-state index in [2.05, 4.69) is 12.2 Å². The lowest BCUT2D eigenvalue weighted by Gasteiger charge is -2.18. The molecule has 0 atom stereocenters. The Balaban J connectivity index is 2.13. The Labute approximate surface area is 112 Å². The minimum absolute atomic E-state index is 0.0629. The van der Waals surface area contributed by atoms with Crippen LogP contribution in [0.5, 0.6) is 0 Å². The Kier molecular flexibility index (Phi) is 3.57. The van der Waals surface area contributed by atoms with Crippen molar-refractivity contribution in [2.45, 2.75) is 32.6 Å². The molecule has 1 aliphatic carbocycles. The zero-order valence-electron chi connectivity index (χ0n) is 10.5. The molecule has 0 aliphatic heterocycles. The maximum Gasteiger partial charge on any atom is 0.169 e. The smallest absolute Gasteiger partial charge is 0.169 e. The van der Waals surface area contributed by atoms with Crippen molar-refractivity contribution in [2.24, 2.45) is 5.41 Å². The van der Waals surface area contributed by atoms with Crippen LogP contribution < -0.4 is 16.8 Å². The largest absolute Gasteiger partial charge is 0.397 e. The molecule has 0 saturated heterocycles. The van der Waals surface area contributed by atoms with Gasteiger partial charge in [0, 0.05) is 6.54 Å². The van der Waals surface area contributed by atoms with Gasteiger partial charge in [-0.25, -0.2) is 4.39 Å². The number of benzene rings is 1. The molecule has 0 bridgehead atoms. The molecule has 0 spiro atoms. The summed E-state index contributed by atoms with van der Waals surface area (Å²) < 4.78 is 14.0. The Morgan fingerprint density at radius 1 is 1.39 bits per heavy atom. The molecule has 18 heavy (non-hydrogen) atoms. The van der Waals surface area contributed by atoms with Crippen molar-refractivity contribution < 1.29 is 4.39 Å². The number of halogens is 2. The first-order chi connectivity index (χ1) is 8.49. The van der Waals surface area contributed by atoms with Crippen LogP contribution in [0.4, 0.5) is 21.5 Å². The van der Waals surface area contributed by atoms with Gasteiger partial charge in [0.1, 0.15) is 5.02 Å². The van der Waals surface area contributed by atoms with Gasteiger partial charge in [-0.05, 0) is 30.7 Å². The summed E-state index contributed by atoms with van der Waals surface area (Å²) in [6, 6.07) is 1.49. The molecule has 3 nitrogen and oxygen atoms in total. The molecule has 5 N–H and O–H groups in total. The van der Waals surface area contributed by atoms with Gasteiger partial charge in [-0.1, -0.05) is 24.9 Å². The molecule has 1 saturated carbocycles. The lowest BCUT2D eigenvalue weighted by Crippen LogP contribution is -2.17. The SMILES string of the molecule is CCCC1(CNc2c(N)cc(N)c(Cl)c2F)CC1. The lowest BCUT2D eigenvalue weighted by molar-refractivity contribution is 0.484. The highest BCUT2D eigenvalue weighted by Gasteiger charge is 2.41. The Morgan fingerprint density at radius 3 is 2.61 bits per heavy atom. The summed E-state index contributed by atoms with van der Waals surface area (Å²) in [6.45, 7) is 2.90. The Bertz CT molecular complexity index is 458. The summed E-state index contributed by atoms with van der Waals surface area (Å²) in [5.74, 6) is -0.554. The highest BCUT2D eigenvalue weighted by atomic mass is 35.5. The van der Waals surface area contributed by atoms with Gasteiger partial charge in [-0.3, -0.25) is 0 Å². The maximum atomic E-state index is 14.0. The number of anilines is 3. The van der Waals surface area contributed by atoms with Crippen molar-refractivity contribution in [2.75, 3.05) is 23.3 Å². The van der Waals surface area contributed by atoms with Crippen LogP contribution in [0.2, 0.25) is 5.02 Å². The highest BCUT2D eigenvalue weighted by Crippen LogP contribution is 2.50. The number of hydrogen-bond donors (Lipinski definition) is 3. The molecule has 0 radical (unpaired) electrons. The molecule has 1 aromatic carbocycles.